The number of carbonyl (C=O) groups is 1. The molecular weight excluding hydrogens is 326 g/mol. The molecule has 25 heavy (non-hydrogen) atoms. The maximum Gasteiger partial charge on any atom is 0.272 e. The van der Waals surface area contributed by atoms with E-state index in [4.69, 9.17) is 0 Å². The zero-order valence-electron chi connectivity index (χ0n) is 14.1. The van der Waals surface area contributed by atoms with Gasteiger partial charge in [-0.15, -0.1) is 0 Å². The number of benzene rings is 1. The van der Waals surface area contributed by atoms with E-state index in [-0.39, 0.29) is 5.91 Å². The summed E-state index contributed by atoms with van der Waals surface area (Å²) in [7, 11) is 0. The summed E-state index contributed by atoms with van der Waals surface area (Å²) in [6, 6.07) is 5.03. The molecule has 3 rings (SSSR count). The molecule has 1 amide bonds. The Morgan fingerprint density at radius 1 is 1.04 bits per heavy atom. The molecule has 132 valence electrons. The van der Waals surface area contributed by atoms with Crippen LogP contribution >= 0.6 is 0 Å². The van der Waals surface area contributed by atoms with Crippen molar-refractivity contribution in [1.29, 1.82) is 0 Å². The van der Waals surface area contributed by atoms with Crippen molar-refractivity contribution in [2.45, 2.75) is 32.6 Å². The average Bonchev–Trinajstić information content (AvgIpc) is 2.86. The van der Waals surface area contributed by atoms with Gasteiger partial charge in [-0.3, -0.25) is 4.79 Å². The zero-order chi connectivity index (χ0) is 17.8. The standard InChI is InChI=1S/C18H20F2N4O/c1-12-21-16(18(25)24-8-4-2-3-5-9-24)11-17(22-12)23-13-6-7-14(19)15(20)10-13/h6-7,10-11H,2-5,8-9H2,1H3,(H,21,22,23). The highest BCUT2D eigenvalue weighted by molar-refractivity contribution is 5.93. The molecule has 1 saturated heterocycles. The molecule has 2 heterocycles. The summed E-state index contributed by atoms with van der Waals surface area (Å²) < 4.78 is 26.4. The molecule has 7 heteroatoms. The predicted molar refractivity (Wildman–Crippen MR) is 90.8 cm³/mol. The number of nitrogens with zero attached hydrogens (tertiary/aromatic N) is 3. The monoisotopic (exact) mass is 346 g/mol. The van der Waals surface area contributed by atoms with Gasteiger partial charge in [0.15, 0.2) is 11.6 Å². The highest BCUT2D eigenvalue weighted by Crippen LogP contribution is 2.19. The molecule has 1 aliphatic heterocycles. The third-order valence-electron chi connectivity index (χ3n) is 4.14. The van der Waals surface area contributed by atoms with Gasteiger partial charge < -0.3 is 10.2 Å². The van der Waals surface area contributed by atoms with E-state index in [1.165, 1.54) is 6.07 Å². The van der Waals surface area contributed by atoms with E-state index in [0.29, 0.717) is 23.0 Å². The lowest BCUT2D eigenvalue weighted by Crippen LogP contribution is -2.32. The number of hydrogen-bond acceptors (Lipinski definition) is 4. The number of carbonyl (C=O) groups excluding carboxylic acids is 1. The normalized spacial score (nSPS) is 14.9. The van der Waals surface area contributed by atoms with Crippen LogP contribution in [0.15, 0.2) is 24.3 Å². The van der Waals surface area contributed by atoms with Crippen LogP contribution in [0.5, 0.6) is 0 Å². The first-order valence-electron chi connectivity index (χ1n) is 8.40. The number of halogens is 2. The first kappa shape index (κ1) is 17.3. The molecule has 0 bridgehead atoms. The molecule has 0 spiro atoms. The number of rotatable bonds is 3. The minimum absolute atomic E-state index is 0.124. The molecule has 0 radical (unpaired) electrons. The Kier molecular flexibility index (Phi) is 5.21. The fourth-order valence-corrected chi connectivity index (χ4v) is 2.90. The van der Waals surface area contributed by atoms with Gasteiger partial charge in [-0.25, -0.2) is 18.7 Å². The van der Waals surface area contributed by atoms with E-state index in [0.717, 1.165) is 50.9 Å². The summed E-state index contributed by atoms with van der Waals surface area (Å²) in [5.74, 6) is -1.18. The summed E-state index contributed by atoms with van der Waals surface area (Å²) in [6.45, 7) is 3.15. The van der Waals surface area contributed by atoms with E-state index in [9.17, 15) is 13.6 Å². The van der Waals surface area contributed by atoms with Crippen molar-refractivity contribution in [2.75, 3.05) is 18.4 Å². The van der Waals surface area contributed by atoms with Crippen LogP contribution in [0, 0.1) is 18.6 Å². The lowest BCUT2D eigenvalue weighted by atomic mass is 10.2. The van der Waals surface area contributed by atoms with Crippen molar-refractivity contribution >= 4 is 17.4 Å². The van der Waals surface area contributed by atoms with Crippen LogP contribution in [0.3, 0.4) is 0 Å². The van der Waals surface area contributed by atoms with Gasteiger partial charge in [0.25, 0.3) is 5.91 Å². The van der Waals surface area contributed by atoms with E-state index in [1.807, 2.05) is 4.90 Å². The lowest BCUT2D eigenvalue weighted by molar-refractivity contribution is 0.0755. The molecule has 1 aromatic carbocycles. The molecule has 1 fully saturated rings. The molecule has 0 unspecified atom stereocenters. The van der Waals surface area contributed by atoms with Crippen LogP contribution in [0.25, 0.3) is 0 Å². The van der Waals surface area contributed by atoms with Gasteiger partial charge in [0.2, 0.25) is 0 Å². The van der Waals surface area contributed by atoms with E-state index < -0.39 is 11.6 Å². The highest BCUT2D eigenvalue weighted by Gasteiger charge is 2.19. The topological polar surface area (TPSA) is 58.1 Å². The van der Waals surface area contributed by atoms with Gasteiger partial charge >= 0.3 is 0 Å². The van der Waals surface area contributed by atoms with Crippen LogP contribution in [-0.4, -0.2) is 33.9 Å². The number of hydrogen-bond donors (Lipinski definition) is 1. The van der Waals surface area contributed by atoms with Crippen molar-refractivity contribution in [3.05, 3.63) is 47.4 Å². The van der Waals surface area contributed by atoms with Crippen LogP contribution in [-0.2, 0) is 0 Å². The van der Waals surface area contributed by atoms with Crippen molar-refractivity contribution in [1.82, 2.24) is 14.9 Å². The first-order chi connectivity index (χ1) is 12.0. The van der Waals surface area contributed by atoms with Crippen molar-refractivity contribution in [3.8, 4) is 0 Å². The first-order valence-corrected chi connectivity index (χ1v) is 8.40. The van der Waals surface area contributed by atoms with Crippen LogP contribution in [0.2, 0.25) is 0 Å². The lowest BCUT2D eigenvalue weighted by Gasteiger charge is -2.20. The van der Waals surface area contributed by atoms with Crippen molar-refractivity contribution < 1.29 is 13.6 Å². The molecule has 0 atom stereocenters. The molecule has 1 aromatic heterocycles. The quantitative estimate of drug-likeness (QED) is 0.918. The summed E-state index contributed by atoms with van der Waals surface area (Å²) in [4.78, 5) is 23.0. The third kappa shape index (κ3) is 4.29. The van der Waals surface area contributed by atoms with Crippen LogP contribution < -0.4 is 5.32 Å². The van der Waals surface area contributed by atoms with Crippen molar-refractivity contribution in [3.63, 3.8) is 0 Å². The second-order valence-corrected chi connectivity index (χ2v) is 6.15. The van der Waals surface area contributed by atoms with Crippen molar-refractivity contribution in [2.24, 2.45) is 0 Å². The average molecular weight is 346 g/mol. The molecule has 2 aromatic rings. The van der Waals surface area contributed by atoms with Gasteiger partial charge in [-0.05, 0) is 31.9 Å². The summed E-state index contributed by atoms with van der Waals surface area (Å²) in [6.07, 6.45) is 4.26. The van der Waals surface area contributed by atoms with Crippen LogP contribution in [0.1, 0.15) is 42.0 Å². The molecule has 5 nitrogen and oxygen atoms in total. The van der Waals surface area contributed by atoms with E-state index >= 15 is 0 Å². The predicted octanol–water partition coefficient (Wildman–Crippen LogP) is 3.82. The Labute approximate surface area is 145 Å². The molecular formula is C18H20F2N4O. The molecule has 0 aliphatic carbocycles. The smallest absolute Gasteiger partial charge is 0.272 e. The van der Waals surface area contributed by atoms with E-state index in [2.05, 4.69) is 15.3 Å². The highest BCUT2D eigenvalue weighted by atomic mass is 19.2. The second kappa shape index (κ2) is 7.55. The van der Waals surface area contributed by atoms with Gasteiger partial charge in [0, 0.05) is 30.9 Å². The van der Waals surface area contributed by atoms with E-state index in [1.54, 1.807) is 13.0 Å². The Bertz CT molecular complexity index is 774. The van der Waals surface area contributed by atoms with Gasteiger partial charge in [-0.2, -0.15) is 0 Å². The number of anilines is 2. The molecule has 1 aliphatic rings. The number of aryl methyl sites for hydroxylation is 1. The molecule has 0 saturated carbocycles. The third-order valence-corrected chi connectivity index (χ3v) is 4.14. The largest absolute Gasteiger partial charge is 0.340 e. The molecule has 1 N–H and O–H groups in total. The Morgan fingerprint density at radius 2 is 1.76 bits per heavy atom. The van der Waals surface area contributed by atoms with Gasteiger partial charge in [-0.1, -0.05) is 12.8 Å². The maximum absolute atomic E-state index is 13.3. The number of aromatic nitrogens is 2. The number of amides is 1. The van der Waals surface area contributed by atoms with Gasteiger partial charge in [0.05, 0.1) is 0 Å². The summed E-state index contributed by atoms with van der Waals surface area (Å²) >= 11 is 0. The fraction of sp³-hybridized carbons (Fsp3) is 0.389. The number of likely N-dealkylation sites (tertiary alicyclic amines) is 1. The number of nitrogens with one attached hydrogen (secondary N) is 1. The van der Waals surface area contributed by atoms with Crippen LogP contribution in [0.4, 0.5) is 20.3 Å². The fourth-order valence-electron chi connectivity index (χ4n) is 2.90. The minimum Gasteiger partial charge on any atom is -0.340 e. The Morgan fingerprint density at radius 3 is 2.44 bits per heavy atom. The van der Waals surface area contributed by atoms with Gasteiger partial charge in [0.1, 0.15) is 17.3 Å². The maximum atomic E-state index is 13.3. The second-order valence-electron chi connectivity index (χ2n) is 6.15. The Hall–Kier alpha value is -2.57. The summed E-state index contributed by atoms with van der Waals surface area (Å²) in [5, 5.41) is 2.89. The Balaban J connectivity index is 1.82. The SMILES string of the molecule is Cc1nc(Nc2ccc(F)c(F)c2)cc(C(=O)N2CCCCCC2)n1. The summed E-state index contributed by atoms with van der Waals surface area (Å²) in [5.41, 5.74) is 0.657. The zero-order valence-corrected chi connectivity index (χ0v) is 14.1. The minimum atomic E-state index is -0.948.